The van der Waals surface area contributed by atoms with Gasteiger partial charge in [-0.1, -0.05) is 12.8 Å². The number of benzene rings is 2. The zero-order valence-electron chi connectivity index (χ0n) is 19.6. The minimum absolute atomic E-state index is 0.0611. The Balaban J connectivity index is 1.41. The van der Waals surface area contributed by atoms with Crippen molar-refractivity contribution in [3.8, 4) is 23.0 Å². The van der Waals surface area contributed by atoms with Gasteiger partial charge in [0.15, 0.2) is 11.5 Å². The SMILES string of the molecule is COc1ccc(OC)c(NC(=O)CN2CC3(CCCC3)c3cc4c(cc3C2C)OCCO4)c1. The van der Waals surface area contributed by atoms with Crippen molar-refractivity contribution in [3.05, 3.63) is 41.5 Å². The highest BCUT2D eigenvalue weighted by Crippen LogP contribution is 2.51. The van der Waals surface area contributed by atoms with Crippen molar-refractivity contribution in [2.24, 2.45) is 0 Å². The number of carbonyl (C=O) groups excluding carboxylic acids is 1. The lowest BCUT2D eigenvalue weighted by atomic mass is 9.71. The maximum atomic E-state index is 13.1. The van der Waals surface area contributed by atoms with E-state index in [2.05, 4.69) is 29.3 Å². The van der Waals surface area contributed by atoms with Gasteiger partial charge in [-0.05, 0) is 55.2 Å². The van der Waals surface area contributed by atoms with Gasteiger partial charge in [-0.2, -0.15) is 0 Å². The molecule has 0 radical (unpaired) electrons. The fourth-order valence-electron chi connectivity index (χ4n) is 5.67. The van der Waals surface area contributed by atoms with Crippen LogP contribution in [-0.2, 0) is 10.2 Å². The first-order valence-corrected chi connectivity index (χ1v) is 11.7. The quantitative estimate of drug-likeness (QED) is 0.730. The molecule has 2 aliphatic heterocycles. The summed E-state index contributed by atoms with van der Waals surface area (Å²) in [6, 6.07) is 9.85. The Bertz CT molecular complexity index is 1050. The summed E-state index contributed by atoms with van der Waals surface area (Å²) in [5.41, 5.74) is 3.30. The summed E-state index contributed by atoms with van der Waals surface area (Å²) in [6.07, 6.45) is 4.69. The molecule has 3 aliphatic rings. The number of hydrogen-bond acceptors (Lipinski definition) is 6. The number of methoxy groups -OCH3 is 2. The highest BCUT2D eigenvalue weighted by molar-refractivity contribution is 5.94. The summed E-state index contributed by atoms with van der Waals surface area (Å²) in [4.78, 5) is 15.4. The summed E-state index contributed by atoms with van der Waals surface area (Å²) >= 11 is 0. The molecule has 1 spiro atoms. The van der Waals surface area contributed by atoms with Crippen LogP contribution in [0.4, 0.5) is 5.69 Å². The second kappa shape index (κ2) is 8.78. The molecule has 0 bridgehead atoms. The smallest absolute Gasteiger partial charge is 0.238 e. The number of ether oxygens (including phenoxy) is 4. The molecule has 1 amide bonds. The molecule has 33 heavy (non-hydrogen) atoms. The number of fused-ring (bicyclic) bond motifs is 3. The Hall–Kier alpha value is -2.93. The van der Waals surface area contributed by atoms with E-state index in [4.69, 9.17) is 18.9 Å². The first-order chi connectivity index (χ1) is 16.0. The molecule has 2 aromatic rings. The molecule has 7 heteroatoms. The van der Waals surface area contributed by atoms with Gasteiger partial charge in [0.1, 0.15) is 24.7 Å². The third kappa shape index (κ3) is 3.99. The van der Waals surface area contributed by atoms with E-state index < -0.39 is 0 Å². The number of rotatable bonds is 5. The molecule has 1 saturated carbocycles. The largest absolute Gasteiger partial charge is 0.497 e. The zero-order chi connectivity index (χ0) is 23.0. The lowest BCUT2D eigenvalue weighted by Crippen LogP contribution is -2.48. The van der Waals surface area contributed by atoms with Gasteiger partial charge in [-0.3, -0.25) is 9.69 Å². The monoisotopic (exact) mass is 452 g/mol. The van der Waals surface area contributed by atoms with Crippen LogP contribution in [0.1, 0.15) is 49.8 Å². The van der Waals surface area contributed by atoms with E-state index in [1.54, 1.807) is 26.4 Å². The predicted molar refractivity (Wildman–Crippen MR) is 126 cm³/mol. The molecule has 1 atom stereocenters. The topological polar surface area (TPSA) is 69.3 Å². The Morgan fingerprint density at radius 2 is 1.82 bits per heavy atom. The molecular formula is C26H32N2O5. The van der Waals surface area contributed by atoms with E-state index in [9.17, 15) is 4.79 Å². The molecule has 0 saturated heterocycles. The van der Waals surface area contributed by atoms with Gasteiger partial charge in [-0.15, -0.1) is 0 Å². The van der Waals surface area contributed by atoms with Crippen molar-refractivity contribution >= 4 is 11.6 Å². The number of carbonyl (C=O) groups is 1. The van der Waals surface area contributed by atoms with E-state index in [1.165, 1.54) is 24.0 Å². The van der Waals surface area contributed by atoms with Crippen molar-refractivity contribution in [2.75, 3.05) is 45.8 Å². The molecule has 176 valence electrons. The Morgan fingerprint density at radius 1 is 1.09 bits per heavy atom. The van der Waals surface area contributed by atoms with E-state index in [0.717, 1.165) is 30.9 Å². The predicted octanol–water partition coefficient (Wildman–Crippen LogP) is 4.30. The van der Waals surface area contributed by atoms with Crippen LogP contribution in [0.5, 0.6) is 23.0 Å². The van der Waals surface area contributed by atoms with Gasteiger partial charge in [0.05, 0.1) is 26.5 Å². The van der Waals surface area contributed by atoms with Crippen LogP contribution in [0.3, 0.4) is 0 Å². The van der Waals surface area contributed by atoms with Crippen molar-refractivity contribution < 1.29 is 23.7 Å². The summed E-state index contributed by atoms with van der Waals surface area (Å²) < 4.78 is 22.5. The molecule has 7 nitrogen and oxygen atoms in total. The molecule has 5 rings (SSSR count). The van der Waals surface area contributed by atoms with Gasteiger partial charge >= 0.3 is 0 Å². The molecule has 1 N–H and O–H groups in total. The maximum absolute atomic E-state index is 13.1. The third-order valence-corrected chi connectivity index (χ3v) is 7.38. The van der Waals surface area contributed by atoms with Crippen LogP contribution in [0.15, 0.2) is 30.3 Å². The van der Waals surface area contributed by atoms with Gasteiger partial charge in [0.2, 0.25) is 5.91 Å². The maximum Gasteiger partial charge on any atom is 0.238 e. The Labute approximate surface area is 195 Å². The summed E-state index contributed by atoms with van der Waals surface area (Å²) in [6.45, 7) is 4.50. The second-order valence-electron chi connectivity index (χ2n) is 9.27. The molecule has 1 aliphatic carbocycles. The van der Waals surface area contributed by atoms with Gasteiger partial charge < -0.3 is 24.3 Å². The van der Waals surface area contributed by atoms with Crippen molar-refractivity contribution in [1.29, 1.82) is 0 Å². The van der Waals surface area contributed by atoms with E-state index in [0.29, 0.717) is 36.9 Å². The number of hydrogen-bond donors (Lipinski definition) is 1. The normalized spacial score (nSPS) is 20.9. The van der Waals surface area contributed by atoms with Gasteiger partial charge in [0.25, 0.3) is 0 Å². The lowest BCUT2D eigenvalue weighted by molar-refractivity contribution is -0.118. The minimum Gasteiger partial charge on any atom is -0.497 e. The molecule has 1 unspecified atom stereocenters. The first-order valence-electron chi connectivity index (χ1n) is 11.7. The van der Waals surface area contributed by atoms with Crippen molar-refractivity contribution in [3.63, 3.8) is 0 Å². The number of nitrogens with one attached hydrogen (secondary N) is 1. The van der Waals surface area contributed by atoms with Crippen LogP contribution in [0.2, 0.25) is 0 Å². The third-order valence-electron chi connectivity index (χ3n) is 7.38. The summed E-state index contributed by atoms with van der Waals surface area (Å²) in [5.74, 6) is 2.88. The lowest BCUT2D eigenvalue weighted by Gasteiger charge is -2.46. The average Bonchev–Trinajstić information content (AvgIpc) is 3.30. The molecule has 1 fully saturated rings. The highest BCUT2D eigenvalue weighted by atomic mass is 16.6. The van der Waals surface area contributed by atoms with E-state index in [-0.39, 0.29) is 17.4 Å². The highest BCUT2D eigenvalue weighted by Gasteiger charge is 2.45. The second-order valence-corrected chi connectivity index (χ2v) is 9.27. The summed E-state index contributed by atoms with van der Waals surface area (Å²) in [7, 11) is 3.20. The van der Waals surface area contributed by atoms with Crippen LogP contribution >= 0.6 is 0 Å². The van der Waals surface area contributed by atoms with E-state index in [1.807, 2.05) is 6.07 Å². The Morgan fingerprint density at radius 3 is 2.52 bits per heavy atom. The molecule has 2 heterocycles. The zero-order valence-corrected chi connectivity index (χ0v) is 19.6. The number of anilines is 1. The van der Waals surface area contributed by atoms with Gasteiger partial charge in [0, 0.05) is 24.1 Å². The van der Waals surface area contributed by atoms with Gasteiger partial charge in [-0.25, -0.2) is 0 Å². The molecule has 0 aromatic heterocycles. The van der Waals surface area contributed by atoms with E-state index >= 15 is 0 Å². The fraction of sp³-hybridized carbons (Fsp3) is 0.500. The fourth-order valence-corrected chi connectivity index (χ4v) is 5.67. The molecule has 2 aromatic carbocycles. The van der Waals surface area contributed by atoms with Crippen LogP contribution in [0, 0.1) is 0 Å². The van der Waals surface area contributed by atoms with Crippen molar-refractivity contribution in [2.45, 2.75) is 44.1 Å². The van der Waals surface area contributed by atoms with Crippen LogP contribution in [0.25, 0.3) is 0 Å². The first kappa shape index (κ1) is 21.9. The number of nitrogens with zero attached hydrogens (tertiary/aromatic N) is 1. The Kier molecular flexibility index (Phi) is 5.83. The number of amides is 1. The summed E-state index contributed by atoms with van der Waals surface area (Å²) in [5, 5.41) is 3.03. The average molecular weight is 453 g/mol. The minimum atomic E-state index is -0.0671. The molecular weight excluding hydrogens is 420 g/mol. The van der Waals surface area contributed by atoms with Crippen LogP contribution < -0.4 is 24.3 Å². The standard InChI is InChI=1S/C26H32N2O5/c1-17-19-13-23-24(33-11-10-32-23)14-20(19)26(8-4-5-9-26)16-28(17)15-25(29)27-21-12-18(30-2)6-7-22(21)31-3/h6-7,12-14,17H,4-5,8-11,15-16H2,1-3H3,(H,27,29). The van der Waals surface area contributed by atoms with Crippen LogP contribution in [-0.4, -0.2) is 51.3 Å². The van der Waals surface area contributed by atoms with Crippen molar-refractivity contribution in [1.82, 2.24) is 4.90 Å².